The summed E-state index contributed by atoms with van der Waals surface area (Å²) in [6, 6.07) is 10.6. The van der Waals surface area contributed by atoms with Crippen molar-refractivity contribution >= 4 is 17.6 Å². The van der Waals surface area contributed by atoms with E-state index in [9.17, 15) is 9.59 Å². The summed E-state index contributed by atoms with van der Waals surface area (Å²) in [5.41, 5.74) is 2.97. The van der Waals surface area contributed by atoms with Crippen LogP contribution < -0.4 is 14.8 Å². The van der Waals surface area contributed by atoms with Gasteiger partial charge in [0.15, 0.2) is 6.10 Å². The summed E-state index contributed by atoms with van der Waals surface area (Å²) >= 11 is 0. The molecule has 0 bridgehead atoms. The smallest absolute Gasteiger partial charge is 0.342 e. The zero-order valence-electron chi connectivity index (χ0n) is 17.2. The number of rotatable bonds is 7. The fraction of sp³-hybridized carbons (Fsp3) is 0.364. The van der Waals surface area contributed by atoms with Gasteiger partial charge in [-0.1, -0.05) is 32.0 Å². The van der Waals surface area contributed by atoms with Gasteiger partial charge in [0.2, 0.25) is 0 Å². The summed E-state index contributed by atoms with van der Waals surface area (Å²) in [7, 11) is 2.98. The van der Waals surface area contributed by atoms with Crippen molar-refractivity contribution in [3.63, 3.8) is 0 Å². The predicted molar refractivity (Wildman–Crippen MR) is 108 cm³/mol. The van der Waals surface area contributed by atoms with Crippen molar-refractivity contribution in [1.82, 2.24) is 0 Å². The Morgan fingerprint density at radius 2 is 1.71 bits per heavy atom. The molecule has 2 rings (SSSR count). The highest BCUT2D eigenvalue weighted by Gasteiger charge is 2.23. The van der Waals surface area contributed by atoms with Crippen molar-refractivity contribution in [1.29, 1.82) is 0 Å². The van der Waals surface area contributed by atoms with Crippen LogP contribution in [-0.2, 0) is 9.53 Å². The average molecular weight is 385 g/mol. The van der Waals surface area contributed by atoms with E-state index < -0.39 is 18.0 Å². The Kier molecular flexibility index (Phi) is 7.04. The number of aryl methyl sites for hydroxylation is 1. The van der Waals surface area contributed by atoms with Gasteiger partial charge >= 0.3 is 5.97 Å². The molecule has 0 spiro atoms. The summed E-state index contributed by atoms with van der Waals surface area (Å²) in [5.74, 6) is 0.0857. The lowest BCUT2D eigenvalue weighted by Crippen LogP contribution is -2.30. The number of hydrogen-bond donors (Lipinski definition) is 1. The van der Waals surface area contributed by atoms with Crippen LogP contribution in [0.4, 0.5) is 5.69 Å². The van der Waals surface area contributed by atoms with Crippen LogP contribution in [0.1, 0.15) is 48.2 Å². The highest BCUT2D eigenvalue weighted by atomic mass is 16.5. The second kappa shape index (κ2) is 9.26. The van der Waals surface area contributed by atoms with Gasteiger partial charge in [-0.2, -0.15) is 0 Å². The van der Waals surface area contributed by atoms with E-state index in [0.29, 0.717) is 11.5 Å². The van der Waals surface area contributed by atoms with E-state index >= 15 is 0 Å². The summed E-state index contributed by atoms with van der Waals surface area (Å²) in [5, 5.41) is 2.90. The van der Waals surface area contributed by atoms with Gasteiger partial charge in [0.25, 0.3) is 5.91 Å². The summed E-state index contributed by atoms with van der Waals surface area (Å²) in [6.45, 7) is 7.59. The van der Waals surface area contributed by atoms with Crippen LogP contribution in [0.15, 0.2) is 36.4 Å². The predicted octanol–water partition coefficient (Wildman–Crippen LogP) is 4.32. The third-order valence-electron chi connectivity index (χ3n) is 4.46. The molecular weight excluding hydrogens is 358 g/mol. The van der Waals surface area contributed by atoms with E-state index in [0.717, 1.165) is 16.8 Å². The fourth-order valence-corrected chi connectivity index (χ4v) is 2.81. The first-order valence-corrected chi connectivity index (χ1v) is 9.11. The number of amides is 1. The Bertz CT molecular complexity index is 860. The normalized spacial score (nSPS) is 11.7. The van der Waals surface area contributed by atoms with Gasteiger partial charge in [0.1, 0.15) is 17.1 Å². The van der Waals surface area contributed by atoms with Crippen LogP contribution in [-0.4, -0.2) is 32.2 Å². The Hall–Kier alpha value is -3.02. The third kappa shape index (κ3) is 4.82. The summed E-state index contributed by atoms with van der Waals surface area (Å²) in [4.78, 5) is 25.1. The molecule has 0 aromatic heterocycles. The molecular formula is C22H27NO5. The molecule has 0 aliphatic rings. The summed E-state index contributed by atoms with van der Waals surface area (Å²) in [6.07, 6.45) is -0.973. The van der Waals surface area contributed by atoms with Crippen molar-refractivity contribution in [2.75, 3.05) is 19.5 Å². The first-order chi connectivity index (χ1) is 13.3. The molecule has 1 amide bonds. The molecule has 2 aromatic rings. The van der Waals surface area contributed by atoms with E-state index in [4.69, 9.17) is 14.2 Å². The zero-order chi connectivity index (χ0) is 20.8. The molecule has 0 saturated carbocycles. The van der Waals surface area contributed by atoms with Gasteiger partial charge in [0.05, 0.1) is 14.2 Å². The van der Waals surface area contributed by atoms with Crippen molar-refractivity contribution < 1.29 is 23.8 Å². The van der Waals surface area contributed by atoms with Crippen LogP contribution in [0.5, 0.6) is 11.5 Å². The number of anilines is 1. The number of nitrogens with one attached hydrogen (secondary N) is 1. The van der Waals surface area contributed by atoms with Gasteiger partial charge in [0, 0.05) is 11.8 Å². The van der Waals surface area contributed by atoms with Gasteiger partial charge in [-0.3, -0.25) is 4.79 Å². The van der Waals surface area contributed by atoms with E-state index in [-0.39, 0.29) is 11.5 Å². The largest absolute Gasteiger partial charge is 0.497 e. The highest BCUT2D eigenvalue weighted by molar-refractivity contribution is 5.99. The Labute approximate surface area is 165 Å². The molecule has 1 N–H and O–H groups in total. The molecule has 0 saturated heterocycles. The quantitative estimate of drug-likeness (QED) is 0.719. The van der Waals surface area contributed by atoms with Gasteiger partial charge in [-0.25, -0.2) is 4.79 Å². The number of carbonyl (C=O) groups is 2. The summed E-state index contributed by atoms with van der Waals surface area (Å²) < 4.78 is 15.7. The molecule has 150 valence electrons. The molecule has 2 aromatic carbocycles. The molecule has 0 aliphatic carbocycles. The lowest BCUT2D eigenvalue weighted by atomic mass is 9.98. The molecule has 1 atom stereocenters. The van der Waals surface area contributed by atoms with Gasteiger partial charge < -0.3 is 19.5 Å². The molecule has 0 radical (unpaired) electrons. The lowest BCUT2D eigenvalue weighted by molar-refractivity contribution is -0.123. The van der Waals surface area contributed by atoms with E-state index in [1.165, 1.54) is 21.1 Å². The Morgan fingerprint density at radius 1 is 1.00 bits per heavy atom. The van der Waals surface area contributed by atoms with Crippen molar-refractivity contribution in [3.05, 3.63) is 53.1 Å². The molecule has 6 nitrogen and oxygen atoms in total. The molecule has 28 heavy (non-hydrogen) atoms. The maximum absolute atomic E-state index is 12.6. The van der Waals surface area contributed by atoms with Crippen LogP contribution in [0.3, 0.4) is 0 Å². The Morgan fingerprint density at radius 3 is 2.32 bits per heavy atom. The lowest BCUT2D eigenvalue weighted by Gasteiger charge is -2.19. The molecule has 0 unspecified atom stereocenters. The van der Waals surface area contributed by atoms with Crippen LogP contribution >= 0.6 is 0 Å². The standard InChI is InChI=1S/C22H27NO5/c1-13(2)17-9-7-8-14(3)20(17)23-21(24)15(4)28-22(25)18-11-10-16(26-5)12-19(18)27-6/h7-13,15H,1-6H3,(H,23,24)/t15-/m0/s1. The number of para-hydroxylation sites is 1. The minimum Gasteiger partial charge on any atom is -0.497 e. The van der Waals surface area contributed by atoms with Crippen LogP contribution in [0, 0.1) is 6.92 Å². The highest BCUT2D eigenvalue weighted by Crippen LogP contribution is 2.28. The topological polar surface area (TPSA) is 73.9 Å². The van der Waals surface area contributed by atoms with Crippen molar-refractivity contribution in [2.24, 2.45) is 0 Å². The maximum atomic E-state index is 12.6. The number of esters is 1. The van der Waals surface area contributed by atoms with E-state index in [2.05, 4.69) is 19.2 Å². The first-order valence-electron chi connectivity index (χ1n) is 9.11. The van der Waals surface area contributed by atoms with Gasteiger partial charge in [-0.15, -0.1) is 0 Å². The zero-order valence-corrected chi connectivity index (χ0v) is 17.2. The number of carbonyl (C=O) groups excluding carboxylic acids is 2. The molecule has 0 heterocycles. The molecule has 0 fully saturated rings. The van der Waals surface area contributed by atoms with Crippen LogP contribution in [0.25, 0.3) is 0 Å². The third-order valence-corrected chi connectivity index (χ3v) is 4.46. The van der Waals surface area contributed by atoms with Crippen LogP contribution in [0.2, 0.25) is 0 Å². The van der Waals surface area contributed by atoms with Crippen molar-refractivity contribution in [2.45, 2.75) is 39.7 Å². The van der Waals surface area contributed by atoms with E-state index in [1.54, 1.807) is 18.2 Å². The van der Waals surface area contributed by atoms with E-state index in [1.807, 2.05) is 25.1 Å². The first kappa shape index (κ1) is 21.3. The number of hydrogen-bond acceptors (Lipinski definition) is 5. The van der Waals surface area contributed by atoms with Crippen molar-refractivity contribution in [3.8, 4) is 11.5 Å². The number of methoxy groups -OCH3 is 2. The second-order valence-electron chi connectivity index (χ2n) is 6.80. The SMILES string of the molecule is COc1ccc(C(=O)O[C@@H](C)C(=O)Nc2c(C)cccc2C(C)C)c(OC)c1. The number of ether oxygens (including phenoxy) is 3. The fourth-order valence-electron chi connectivity index (χ4n) is 2.81. The maximum Gasteiger partial charge on any atom is 0.342 e. The Balaban J connectivity index is 2.14. The minimum atomic E-state index is -0.973. The second-order valence-corrected chi connectivity index (χ2v) is 6.80. The number of benzene rings is 2. The average Bonchev–Trinajstić information content (AvgIpc) is 2.68. The molecule has 6 heteroatoms. The minimum absolute atomic E-state index is 0.224. The van der Waals surface area contributed by atoms with Gasteiger partial charge in [-0.05, 0) is 43.0 Å². The monoisotopic (exact) mass is 385 g/mol. The molecule has 0 aliphatic heterocycles.